The summed E-state index contributed by atoms with van der Waals surface area (Å²) in [5.41, 5.74) is 0.860. The second kappa shape index (κ2) is 2.21. The molecule has 1 aliphatic heterocycles. The Bertz CT molecular complexity index is 135. The number of hydrogen-bond donors (Lipinski definition) is 1. The summed E-state index contributed by atoms with van der Waals surface area (Å²) in [7, 11) is 0. The fraction of sp³-hybridized carbons (Fsp3) is 0.571. The molecular formula is C7H11NO. The van der Waals surface area contributed by atoms with Gasteiger partial charge in [-0.1, -0.05) is 13.5 Å². The first-order chi connectivity index (χ1) is 4.18. The molecule has 0 aromatic rings. The molecule has 0 aromatic carbocycles. The highest BCUT2D eigenvalue weighted by Gasteiger charge is 2.16. The van der Waals surface area contributed by atoms with E-state index in [-0.39, 0.29) is 5.91 Å². The van der Waals surface area contributed by atoms with Crippen molar-refractivity contribution < 1.29 is 4.79 Å². The van der Waals surface area contributed by atoms with Crippen LogP contribution in [0.2, 0.25) is 0 Å². The molecule has 1 N–H and O–H groups in total. The number of piperidine rings is 1. The highest BCUT2D eigenvalue weighted by atomic mass is 16.1. The van der Waals surface area contributed by atoms with Crippen LogP contribution in [-0.2, 0) is 4.79 Å². The maximum absolute atomic E-state index is 10.7. The molecule has 0 saturated carbocycles. The Morgan fingerprint density at radius 3 is 2.78 bits per heavy atom. The van der Waals surface area contributed by atoms with E-state index in [1.165, 1.54) is 0 Å². The summed E-state index contributed by atoms with van der Waals surface area (Å²) < 4.78 is 0. The van der Waals surface area contributed by atoms with Crippen molar-refractivity contribution in [3.8, 4) is 0 Å². The minimum absolute atomic E-state index is 0.110. The van der Waals surface area contributed by atoms with Gasteiger partial charge in [0, 0.05) is 12.1 Å². The Hall–Kier alpha value is -0.790. The molecule has 1 rings (SSSR count). The normalized spacial score (nSPS) is 27.9. The molecule has 0 aromatic heterocycles. The molecule has 0 aliphatic carbocycles. The highest BCUT2D eigenvalue weighted by molar-refractivity contribution is 5.78. The van der Waals surface area contributed by atoms with E-state index in [2.05, 4.69) is 18.8 Å². The molecule has 2 nitrogen and oxygen atoms in total. The Kier molecular flexibility index (Phi) is 1.56. The van der Waals surface area contributed by atoms with Crippen LogP contribution < -0.4 is 5.32 Å². The van der Waals surface area contributed by atoms with E-state index >= 15 is 0 Å². The van der Waals surface area contributed by atoms with E-state index in [0.29, 0.717) is 12.3 Å². The number of allylic oxidation sites excluding steroid dienone is 1. The minimum Gasteiger partial charge on any atom is -0.330 e. The molecule has 50 valence electrons. The summed E-state index contributed by atoms with van der Waals surface area (Å²) >= 11 is 0. The summed E-state index contributed by atoms with van der Waals surface area (Å²) in [5, 5.41) is 2.68. The van der Waals surface area contributed by atoms with Gasteiger partial charge in [0.2, 0.25) is 5.91 Å². The zero-order valence-electron chi connectivity index (χ0n) is 5.61. The number of carbonyl (C=O) groups is 1. The maximum Gasteiger partial charge on any atom is 0.224 e. The van der Waals surface area contributed by atoms with Crippen molar-refractivity contribution in [3.05, 3.63) is 12.3 Å². The minimum atomic E-state index is 0.110. The van der Waals surface area contributed by atoms with Crippen LogP contribution in [0.4, 0.5) is 0 Å². The first kappa shape index (κ1) is 6.33. The summed E-state index contributed by atoms with van der Waals surface area (Å²) in [5.74, 6) is 0.588. The van der Waals surface area contributed by atoms with Gasteiger partial charge >= 0.3 is 0 Å². The second-order valence-electron chi connectivity index (χ2n) is 2.67. The van der Waals surface area contributed by atoms with Crippen LogP contribution in [0.15, 0.2) is 12.3 Å². The van der Waals surface area contributed by atoms with E-state index < -0.39 is 0 Å². The summed E-state index contributed by atoms with van der Waals surface area (Å²) in [6.07, 6.45) is 1.59. The fourth-order valence-electron chi connectivity index (χ4n) is 1.11. The van der Waals surface area contributed by atoms with Crippen LogP contribution in [0.5, 0.6) is 0 Å². The summed E-state index contributed by atoms with van der Waals surface area (Å²) in [6.45, 7) is 5.74. The number of carbonyl (C=O) groups excluding carboxylic acids is 1. The Balaban J connectivity index is 2.53. The molecule has 1 saturated heterocycles. The predicted octanol–water partition coefficient (Wildman–Crippen LogP) is 1.05. The Morgan fingerprint density at radius 2 is 2.33 bits per heavy atom. The van der Waals surface area contributed by atoms with Crippen molar-refractivity contribution in [2.45, 2.75) is 19.8 Å². The van der Waals surface area contributed by atoms with Gasteiger partial charge in [-0.15, -0.1) is 0 Å². The van der Waals surface area contributed by atoms with Gasteiger partial charge in [-0.25, -0.2) is 0 Å². The summed E-state index contributed by atoms with van der Waals surface area (Å²) in [6, 6.07) is 0. The lowest BCUT2D eigenvalue weighted by Crippen LogP contribution is -2.30. The average Bonchev–Trinajstić information content (AvgIpc) is 1.59. The SMILES string of the molecule is C=C1CC(C)CC(=O)N1. The lowest BCUT2D eigenvalue weighted by molar-refractivity contribution is -0.122. The topological polar surface area (TPSA) is 29.1 Å². The number of nitrogens with one attached hydrogen (secondary N) is 1. The molecule has 0 bridgehead atoms. The predicted molar refractivity (Wildman–Crippen MR) is 35.7 cm³/mol. The van der Waals surface area contributed by atoms with Gasteiger partial charge in [-0.2, -0.15) is 0 Å². The van der Waals surface area contributed by atoms with Crippen molar-refractivity contribution in [1.29, 1.82) is 0 Å². The van der Waals surface area contributed by atoms with Gasteiger partial charge in [-0.05, 0) is 12.3 Å². The fourth-order valence-corrected chi connectivity index (χ4v) is 1.11. The van der Waals surface area contributed by atoms with Crippen molar-refractivity contribution in [2.24, 2.45) is 5.92 Å². The summed E-state index contributed by atoms with van der Waals surface area (Å²) in [4.78, 5) is 10.7. The van der Waals surface area contributed by atoms with Crippen LogP contribution in [0.1, 0.15) is 19.8 Å². The van der Waals surface area contributed by atoms with Crippen LogP contribution in [0.3, 0.4) is 0 Å². The van der Waals surface area contributed by atoms with Crippen LogP contribution in [-0.4, -0.2) is 5.91 Å². The van der Waals surface area contributed by atoms with Gasteiger partial charge < -0.3 is 5.32 Å². The molecule has 1 fully saturated rings. The van der Waals surface area contributed by atoms with Crippen LogP contribution >= 0.6 is 0 Å². The maximum atomic E-state index is 10.7. The Morgan fingerprint density at radius 1 is 1.67 bits per heavy atom. The molecular weight excluding hydrogens is 114 g/mol. The molecule has 1 atom stereocenters. The standard InChI is InChI=1S/C7H11NO/c1-5-3-6(2)8-7(9)4-5/h5H,2-4H2,1H3,(H,8,9). The highest BCUT2D eigenvalue weighted by Crippen LogP contribution is 2.16. The number of hydrogen-bond acceptors (Lipinski definition) is 1. The van der Waals surface area contributed by atoms with Crippen LogP contribution in [0, 0.1) is 5.92 Å². The van der Waals surface area contributed by atoms with Crippen molar-refractivity contribution >= 4 is 5.91 Å². The lowest BCUT2D eigenvalue weighted by Gasteiger charge is -2.19. The van der Waals surface area contributed by atoms with Crippen molar-refractivity contribution in [2.75, 3.05) is 0 Å². The monoisotopic (exact) mass is 125 g/mol. The molecule has 1 amide bonds. The lowest BCUT2D eigenvalue weighted by atomic mass is 9.98. The van der Waals surface area contributed by atoms with Crippen molar-refractivity contribution in [3.63, 3.8) is 0 Å². The van der Waals surface area contributed by atoms with E-state index in [1.54, 1.807) is 0 Å². The van der Waals surface area contributed by atoms with E-state index in [1.807, 2.05) is 0 Å². The third kappa shape index (κ3) is 1.56. The smallest absolute Gasteiger partial charge is 0.224 e. The molecule has 9 heavy (non-hydrogen) atoms. The van der Waals surface area contributed by atoms with E-state index in [0.717, 1.165) is 12.1 Å². The third-order valence-corrected chi connectivity index (χ3v) is 1.44. The van der Waals surface area contributed by atoms with Gasteiger partial charge in [0.1, 0.15) is 0 Å². The van der Waals surface area contributed by atoms with E-state index in [9.17, 15) is 4.79 Å². The quantitative estimate of drug-likeness (QED) is 0.515. The van der Waals surface area contributed by atoms with Crippen LogP contribution in [0.25, 0.3) is 0 Å². The molecule has 1 unspecified atom stereocenters. The van der Waals surface area contributed by atoms with Gasteiger partial charge in [0.25, 0.3) is 0 Å². The van der Waals surface area contributed by atoms with Crippen molar-refractivity contribution in [1.82, 2.24) is 5.32 Å². The molecule has 1 heterocycles. The third-order valence-electron chi connectivity index (χ3n) is 1.44. The largest absolute Gasteiger partial charge is 0.330 e. The Labute approximate surface area is 54.9 Å². The van der Waals surface area contributed by atoms with E-state index in [4.69, 9.17) is 0 Å². The number of amides is 1. The molecule has 0 radical (unpaired) electrons. The van der Waals surface area contributed by atoms with Gasteiger partial charge in [0.05, 0.1) is 0 Å². The number of rotatable bonds is 0. The average molecular weight is 125 g/mol. The zero-order valence-corrected chi connectivity index (χ0v) is 5.61. The molecule has 0 spiro atoms. The zero-order chi connectivity index (χ0) is 6.85. The molecule has 1 aliphatic rings. The van der Waals surface area contributed by atoms with Gasteiger partial charge in [-0.3, -0.25) is 4.79 Å². The first-order valence-electron chi connectivity index (χ1n) is 3.16. The molecule has 2 heteroatoms. The second-order valence-corrected chi connectivity index (χ2v) is 2.67. The first-order valence-corrected chi connectivity index (χ1v) is 3.16. The van der Waals surface area contributed by atoms with Gasteiger partial charge in [0.15, 0.2) is 0 Å².